The minimum atomic E-state index is -1.09. The van der Waals surface area contributed by atoms with Crippen LogP contribution in [0.5, 0.6) is 0 Å². The zero-order chi connectivity index (χ0) is 14.1. The third kappa shape index (κ3) is 5.63. The Morgan fingerprint density at radius 2 is 2.16 bits per heavy atom. The SMILES string of the molecule is C/C=C\CC=Cc1ccc(C(=O)NCC(=O)O)nc1. The fourth-order valence-electron chi connectivity index (χ4n) is 1.30. The highest BCUT2D eigenvalue weighted by atomic mass is 16.4. The lowest BCUT2D eigenvalue weighted by molar-refractivity contribution is -0.135. The highest BCUT2D eigenvalue weighted by Gasteiger charge is 2.07. The Kier molecular flexibility index (Phi) is 6.02. The first kappa shape index (κ1) is 14.6. The van der Waals surface area contributed by atoms with Gasteiger partial charge in [0.25, 0.3) is 5.91 Å². The summed E-state index contributed by atoms with van der Waals surface area (Å²) in [5.74, 6) is -1.58. The number of aliphatic carboxylic acids is 1. The predicted octanol–water partition coefficient (Wildman–Crippen LogP) is 1.88. The lowest BCUT2D eigenvalue weighted by Crippen LogP contribution is -2.29. The summed E-state index contributed by atoms with van der Waals surface area (Å²) in [5.41, 5.74) is 1.09. The number of rotatable bonds is 6. The van der Waals surface area contributed by atoms with Gasteiger partial charge in [-0.15, -0.1) is 0 Å². The number of nitrogens with one attached hydrogen (secondary N) is 1. The van der Waals surface area contributed by atoms with Gasteiger partial charge in [0, 0.05) is 6.20 Å². The van der Waals surface area contributed by atoms with E-state index >= 15 is 0 Å². The summed E-state index contributed by atoms with van der Waals surface area (Å²) < 4.78 is 0. The van der Waals surface area contributed by atoms with Crippen LogP contribution in [0.15, 0.2) is 36.6 Å². The standard InChI is InChI=1S/C14H16N2O3/c1-2-3-4-5-6-11-7-8-12(15-9-11)14(19)16-10-13(17)18/h2-3,5-9H,4,10H2,1H3,(H,16,19)(H,17,18)/b3-2-,6-5?. The molecule has 0 aromatic carbocycles. The van der Waals surface area contributed by atoms with Crippen LogP contribution < -0.4 is 5.32 Å². The van der Waals surface area contributed by atoms with E-state index in [1.165, 1.54) is 0 Å². The third-order valence-corrected chi connectivity index (χ3v) is 2.24. The smallest absolute Gasteiger partial charge is 0.322 e. The van der Waals surface area contributed by atoms with Gasteiger partial charge in [0.05, 0.1) is 0 Å². The van der Waals surface area contributed by atoms with E-state index in [1.54, 1.807) is 18.3 Å². The zero-order valence-electron chi connectivity index (χ0n) is 10.7. The van der Waals surface area contributed by atoms with Gasteiger partial charge >= 0.3 is 5.97 Å². The fourth-order valence-corrected chi connectivity index (χ4v) is 1.30. The topological polar surface area (TPSA) is 79.3 Å². The van der Waals surface area contributed by atoms with Gasteiger partial charge in [0.2, 0.25) is 0 Å². The van der Waals surface area contributed by atoms with Crippen molar-refractivity contribution in [2.24, 2.45) is 0 Å². The first-order valence-electron chi connectivity index (χ1n) is 5.87. The number of carboxylic acids is 1. The van der Waals surface area contributed by atoms with E-state index in [2.05, 4.69) is 10.3 Å². The Bertz CT molecular complexity index is 490. The molecule has 1 aromatic heterocycles. The monoisotopic (exact) mass is 260 g/mol. The summed E-state index contributed by atoms with van der Waals surface area (Å²) >= 11 is 0. The first-order valence-corrected chi connectivity index (χ1v) is 5.87. The van der Waals surface area contributed by atoms with Crippen molar-refractivity contribution in [3.63, 3.8) is 0 Å². The van der Waals surface area contributed by atoms with Crippen LogP contribution in [0.1, 0.15) is 29.4 Å². The molecule has 0 atom stereocenters. The third-order valence-electron chi connectivity index (χ3n) is 2.24. The molecule has 19 heavy (non-hydrogen) atoms. The molecule has 1 rings (SSSR count). The number of carbonyl (C=O) groups is 2. The van der Waals surface area contributed by atoms with Gasteiger partial charge in [-0.3, -0.25) is 14.6 Å². The van der Waals surface area contributed by atoms with E-state index in [0.717, 1.165) is 12.0 Å². The van der Waals surface area contributed by atoms with Crippen LogP contribution in [0.25, 0.3) is 6.08 Å². The maximum Gasteiger partial charge on any atom is 0.322 e. The second kappa shape index (κ2) is 7.81. The van der Waals surface area contributed by atoms with Gasteiger partial charge in [-0.25, -0.2) is 0 Å². The highest BCUT2D eigenvalue weighted by Crippen LogP contribution is 2.03. The summed E-state index contributed by atoms with van der Waals surface area (Å²) in [6, 6.07) is 3.32. The van der Waals surface area contributed by atoms with Gasteiger partial charge in [-0.1, -0.05) is 30.4 Å². The molecule has 0 aliphatic rings. The largest absolute Gasteiger partial charge is 0.480 e. The maximum atomic E-state index is 11.5. The van der Waals surface area contributed by atoms with Crippen molar-refractivity contribution < 1.29 is 14.7 Å². The number of carboxylic acid groups (broad SMARTS) is 1. The average Bonchev–Trinajstić information content (AvgIpc) is 2.41. The zero-order valence-corrected chi connectivity index (χ0v) is 10.7. The molecule has 5 heteroatoms. The minimum Gasteiger partial charge on any atom is -0.480 e. The Labute approximate surface area is 111 Å². The average molecular weight is 260 g/mol. The molecule has 1 aromatic rings. The van der Waals surface area contributed by atoms with E-state index in [4.69, 9.17) is 5.11 Å². The van der Waals surface area contributed by atoms with Crippen molar-refractivity contribution in [1.82, 2.24) is 10.3 Å². The van der Waals surface area contributed by atoms with Crippen LogP contribution in [-0.4, -0.2) is 28.5 Å². The summed E-state index contributed by atoms with van der Waals surface area (Å²) in [4.78, 5) is 25.8. The fraction of sp³-hybridized carbons (Fsp3) is 0.214. The van der Waals surface area contributed by atoms with Gasteiger partial charge < -0.3 is 10.4 Å². The molecule has 5 nitrogen and oxygen atoms in total. The van der Waals surface area contributed by atoms with Gasteiger partial charge in [-0.05, 0) is 25.0 Å². The lowest BCUT2D eigenvalue weighted by atomic mass is 10.2. The molecule has 2 N–H and O–H groups in total. The van der Waals surface area contributed by atoms with Crippen molar-refractivity contribution >= 4 is 18.0 Å². The van der Waals surface area contributed by atoms with Crippen LogP contribution in [0.3, 0.4) is 0 Å². The number of allylic oxidation sites excluding steroid dienone is 3. The van der Waals surface area contributed by atoms with Gasteiger partial charge in [0.1, 0.15) is 12.2 Å². The van der Waals surface area contributed by atoms with Crippen LogP contribution in [-0.2, 0) is 4.79 Å². The van der Waals surface area contributed by atoms with Crippen LogP contribution in [0, 0.1) is 0 Å². The van der Waals surface area contributed by atoms with E-state index in [9.17, 15) is 9.59 Å². The number of amides is 1. The Balaban J connectivity index is 2.58. The van der Waals surface area contributed by atoms with E-state index in [1.807, 2.05) is 31.2 Å². The molecule has 0 bridgehead atoms. The molecule has 1 heterocycles. The van der Waals surface area contributed by atoms with Crippen LogP contribution >= 0.6 is 0 Å². The van der Waals surface area contributed by atoms with Crippen molar-refractivity contribution in [1.29, 1.82) is 0 Å². The number of pyridine rings is 1. The number of carbonyl (C=O) groups excluding carboxylic acids is 1. The summed E-state index contributed by atoms with van der Waals surface area (Å²) in [6.07, 6.45) is 10.3. The molecule has 0 spiro atoms. The first-order chi connectivity index (χ1) is 9.13. The highest BCUT2D eigenvalue weighted by molar-refractivity contribution is 5.94. The van der Waals surface area contributed by atoms with Crippen molar-refractivity contribution in [3.8, 4) is 0 Å². The molecule has 0 unspecified atom stereocenters. The van der Waals surface area contributed by atoms with Crippen molar-refractivity contribution in [2.45, 2.75) is 13.3 Å². The molecular weight excluding hydrogens is 244 g/mol. The van der Waals surface area contributed by atoms with Crippen molar-refractivity contribution in [2.75, 3.05) is 6.54 Å². The summed E-state index contributed by atoms with van der Waals surface area (Å²) in [7, 11) is 0. The molecular formula is C14H16N2O3. The van der Waals surface area contributed by atoms with E-state index in [-0.39, 0.29) is 5.69 Å². The summed E-state index contributed by atoms with van der Waals surface area (Å²) in [6.45, 7) is 1.55. The Morgan fingerprint density at radius 3 is 2.74 bits per heavy atom. The number of aromatic nitrogens is 1. The second-order valence-electron chi connectivity index (χ2n) is 3.76. The molecule has 1 amide bonds. The Hall–Kier alpha value is -2.43. The van der Waals surface area contributed by atoms with Crippen LogP contribution in [0.2, 0.25) is 0 Å². The molecule has 0 fully saturated rings. The molecule has 0 aliphatic heterocycles. The normalized spacial score (nSPS) is 11.0. The molecule has 0 saturated carbocycles. The van der Waals surface area contributed by atoms with E-state index < -0.39 is 18.4 Å². The van der Waals surface area contributed by atoms with Crippen molar-refractivity contribution in [3.05, 3.63) is 47.8 Å². The summed E-state index contributed by atoms with van der Waals surface area (Å²) in [5, 5.41) is 10.7. The Morgan fingerprint density at radius 1 is 1.37 bits per heavy atom. The van der Waals surface area contributed by atoms with Gasteiger partial charge in [0.15, 0.2) is 0 Å². The predicted molar refractivity (Wildman–Crippen MR) is 72.7 cm³/mol. The van der Waals surface area contributed by atoms with E-state index in [0.29, 0.717) is 0 Å². The molecule has 100 valence electrons. The lowest BCUT2D eigenvalue weighted by Gasteiger charge is -2.01. The maximum absolute atomic E-state index is 11.5. The van der Waals surface area contributed by atoms with Gasteiger partial charge in [-0.2, -0.15) is 0 Å². The molecule has 0 radical (unpaired) electrons. The number of nitrogens with zero attached hydrogens (tertiary/aromatic N) is 1. The second-order valence-corrected chi connectivity index (χ2v) is 3.76. The number of hydrogen-bond donors (Lipinski definition) is 2. The minimum absolute atomic E-state index is 0.201. The van der Waals surface area contributed by atoms with Crippen LogP contribution in [0.4, 0.5) is 0 Å². The quantitative estimate of drug-likeness (QED) is 0.765. The number of hydrogen-bond acceptors (Lipinski definition) is 3. The molecule has 0 saturated heterocycles. The molecule has 0 aliphatic carbocycles.